The molecular weight excluding hydrogens is 436 g/mol. The summed E-state index contributed by atoms with van der Waals surface area (Å²) >= 11 is 5.33. The normalized spacial score (nSPS) is 10.9. The Morgan fingerprint density at radius 1 is 1.03 bits per heavy atom. The maximum atomic E-state index is 12.7. The summed E-state index contributed by atoms with van der Waals surface area (Å²) in [6, 6.07) is 22.8. The number of methoxy groups -OCH3 is 1. The van der Waals surface area contributed by atoms with Crippen molar-refractivity contribution in [3.8, 4) is 28.5 Å². The molecule has 0 bridgehead atoms. The maximum Gasteiger partial charge on any atom is 0.244 e. The number of benzene rings is 3. The van der Waals surface area contributed by atoms with E-state index in [4.69, 9.17) is 17.0 Å². The molecule has 0 unspecified atom stereocenters. The Morgan fingerprint density at radius 2 is 1.76 bits per heavy atom. The second-order valence-corrected chi connectivity index (χ2v) is 7.78. The number of para-hydroxylation sites is 2. The van der Waals surface area contributed by atoms with Gasteiger partial charge in [0, 0.05) is 16.8 Å². The monoisotopic (exact) mass is 456 g/mol. The van der Waals surface area contributed by atoms with E-state index in [2.05, 4.69) is 25.5 Å². The molecule has 0 atom stereocenters. The van der Waals surface area contributed by atoms with Crippen LogP contribution < -0.4 is 10.1 Å². The fraction of sp³-hybridized carbons (Fsp3) is 0.0833. The van der Waals surface area contributed by atoms with Crippen LogP contribution in [0.25, 0.3) is 33.8 Å². The summed E-state index contributed by atoms with van der Waals surface area (Å²) < 4.78 is 7.23. The van der Waals surface area contributed by atoms with E-state index >= 15 is 0 Å². The fourth-order valence-corrected chi connectivity index (χ4v) is 3.77. The van der Waals surface area contributed by atoms with Gasteiger partial charge in [0.05, 0.1) is 18.1 Å². The van der Waals surface area contributed by atoms with Gasteiger partial charge in [-0.3, -0.25) is 14.5 Å². The Bertz CT molecular complexity index is 1450. The molecule has 5 rings (SSSR count). The highest BCUT2D eigenvalue weighted by molar-refractivity contribution is 7.71. The molecule has 2 aromatic heterocycles. The van der Waals surface area contributed by atoms with Gasteiger partial charge in [-0.2, -0.15) is 5.10 Å². The molecule has 1 amide bonds. The Hall–Kier alpha value is -4.24. The van der Waals surface area contributed by atoms with E-state index in [0.29, 0.717) is 16.3 Å². The fourth-order valence-electron chi connectivity index (χ4n) is 3.57. The lowest BCUT2D eigenvalue weighted by Crippen LogP contribution is -2.19. The zero-order valence-electron chi connectivity index (χ0n) is 17.7. The van der Waals surface area contributed by atoms with Gasteiger partial charge in [0.15, 0.2) is 10.6 Å². The number of aromatic nitrogens is 5. The van der Waals surface area contributed by atoms with Crippen LogP contribution in [0.5, 0.6) is 5.75 Å². The third-order valence-corrected chi connectivity index (χ3v) is 5.55. The zero-order valence-corrected chi connectivity index (χ0v) is 18.5. The van der Waals surface area contributed by atoms with Crippen molar-refractivity contribution in [1.82, 2.24) is 24.7 Å². The number of aromatic amines is 2. The summed E-state index contributed by atoms with van der Waals surface area (Å²) in [6.07, 6.45) is 0. The molecule has 0 saturated heterocycles. The number of hydrogen-bond acceptors (Lipinski definition) is 5. The third kappa shape index (κ3) is 4.26. The van der Waals surface area contributed by atoms with Crippen LogP contribution in [0, 0.1) is 4.77 Å². The van der Waals surface area contributed by atoms with Gasteiger partial charge >= 0.3 is 0 Å². The van der Waals surface area contributed by atoms with Crippen molar-refractivity contribution in [2.24, 2.45) is 0 Å². The van der Waals surface area contributed by atoms with E-state index in [9.17, 15) is 4.79 Å². The van der Waals surface area contributed by atoms with Gasteiger partial charge in [0.2, 0.25) is 5.91 Å². The highest BCUT2D eigenvalue weighted by atomic mass is 32.1. The number of nitrogens with one attached hydrogen (secondary N) is 3. The number of imidazole rings is 1. The molecule has 2 heterocycles. The number of carbonyl (C=O) groups is 1. The van der Waals surface area contributed by atoms with Gasteiger partial charge in [-0.15, -0.1) is 0 Å². The Morgan fingerprint density at radius 3 is 2.48 bits per heavy atom. The van der Waals surface area contributed by atoms with Crippen molar-refractivity contribution in [2.75, 3.05) is 12.4 Å². The molecule has 33 heavy (non-hydrogen) atoms. The van der Waals surface area contributed by atoms with Crippen LogP contribution in [0.15, 0.2) is 72.8 Å². The van der Waals surface area contributed by atoms with Crippen molar-refractivity contribution >= 4 is 34.8 Å². The lowest BCUT2D eigenvalue weighted by atomic mass is 10.2. The lowest BCUT2D eigenvalue weighted by Gasteiger charge is -2.09. The van der Waals surface area contributed by atoms with Crippen LogP contribution >= 0.6 is 12.2 Å². The van der Waals surface area contributed by atoms with Crippen LogP contribution in [0.2, 0.25) is 0 Å². The van der Waals surface area contributed by atoms with Crippen LogP contribution in [0.4, 0.5) is 5.69 Å². The first-order valence-electron chi connectivity index (χ1n) is 10.3. The van der Waals surface area contributed by atoms with Crippen LogP contribution in [0.1, 0.15) is 0 Å². The molecule has 5 aromatic rings. The largest absolute Gasteiger partial charge is 0.497 e. The molecule has 0 aliphatic rings. The smallest absolute Gasteiger partial charge is 0.244 e. The summed E-state index contributed by atoms with van der Waals surface area (Å²) in [5.41, 5.74) is 4.33. The molecule has 0 aliphatic heterocycles. The number of fused-ring (bicyclic) bond motifs is 1. The van der Waals surface area contributed by atoms with Gasteiger partial charge in [-0.25, -0.2) is 4.98 Å². The average Bonchev–Trinajstić information content (AvgIpc) is 3.43. The van der Waals surface area contributed by atoms with E-state index in [1.807, 2.05) is 72.8 Å². The summed E-state index contributed by atoms with van der Waals surface area (Å²) in [5.74, 6) is 1.89. The van der Waals surface area contributed by atoms with E-state index in [1.165, 1.54) is 0 Å². The van der Waals surface area contributed by atoms with Crippen LogP contribution in [-0.2, 0) is 11.3 Å². The number of rotatable bonds is 6. The zero-order chi connectivity index (χ0) is 22.8. The Kier molecular flexibility index (Phi) is 5.45. The first-order valence-corrected chi connectivity index (χ1v) is 10.7. The van der Waals surface area contributed by atoms with E-state index in [0.717, 1.165) is 33.7 Å². The minimum Gasteiger partial charge on any atom is -0.497 e. The van der Waals surface area contributed by atoms with E-state index in [-0.39, 0.29) is 12.5 Å². The summed E-state index contributed by atoms with van der Waals surface area (Å²) in [6.45, 7) is 0.0298. The van der Waals surface area contributed by atoms with E-state index < -0.39 is 0 Å². The van der Waals surface area contributed by atoms with Gasteiger partial charge in [0.1, 0.15) is 18.1 Å². The molecule has 0 aliphatic carbocycles. The lowest BCUT2D eigenvalue weighted by molar-refractivity contribution is -0.116. The number of amides is 1. The molecule has 0 spiro atoms. The third-order valence-electron chi connectivity index (χ3n) is 5.24. The molecule has 164 valence electrons. The van der Waals surface area contributed by atoms with Crippen LogP contribution in [-0.4, -0.2) is 37.7 Å². The quantitative estimate of drug-likeness (QED) is 0.319. The molecule has 3 aromatic carbocycles. The van der Waals surface area contributed by atoms with Crippen molar-refractivity contribution in [3.63, 3.8) is 0 Å². The molecule has 0 fully saturated rings. The molecule has 8 nitrogen and oxygen atoms in total. The minimum atomic E-state index is -0.209. The summed E-state index contributed by atoms with van der Waals surface area (Å²) in [4.78, 5) is 20.6. The van der Waals surface area contributed by atoms with Gasteiger partial charge in [-0.05, 0) is 72.9 Å². The van der Waals surface area contributed by atoms with Gasteiger partial charge in [0.25, 0.3) is 0 Å². The summed E-state index contributed by atoms with van der Waals surface area (Å²) in [5, 5.41) is 9.95. The summed E-state index contributed by atoms with van der Waals surface area (Å²) in [7, 11) is 1.61. The first kappa shape index (κ1) is 20.7. The maximum absolute atomic E-state index is 12.7. The molecule has 9 heteroatoms. The number of carbonyl (C=O) groups excluding carboxylic acids is 1. The van der Waals surface area contributed by atoms with Crippen molar-refractivity contribution in [1.29, 1.82) is 0 Å². The number of H-pyrrole nitrogens is 2. The van der Waals surface area contributed by atoms with Crippen molar-refractivity contribution < 1.29 is 9.53 Å². The second kappa shape index (κ2) is 8.71. The number of anilines is 1. The second-order valence-electron chi connectivity index (χ2n) is 7.40. The number of nitrogens with zero attached hydrogens (tertiary/aromatic N) is 3. The van der Waals surface area contributed by atoms with Crippen molar-refractivity contribution in [2.45, 2.75) is 6.54 Å². The highest BCUT2D eigenvalue weighted by Gasteiger charge is 2.13. The van der Waals surface area contributed by atoms with Crippen LogP contribution in [0.3, 0.4) is 0 Å². The SMILES string of the molecule is COc1ccc(-c2n[nH]c(=S)n2CC(=O)Nc2ccc(-c3nc4ccccc4[nH]3)cc2)cc1. The predicted octanol–water partition coefficient (Wildman–Crippen LogP) is 4.80. The minimum absolute atomic E-state index is 0.0298. The topological polar surface area (TPSA) is 101 Å². The molecule has 0 radical (unpaired) electrons. The highest BCUT2D eigenvalue weighted by Crippen LogP contribution is 2.23. The standard InChI is InChI=1S/C24H20N6O2S/c1-32-18-12-8-16(9-13-18)23-28-29-24(33)30(23)14-21(31)25-17-10-6-15(7-11-17)22-26-19-4-2-3-5-20(19)27-22/h2-13H,14H2,1H3,(H,25,31)(H,26,27)(H,29,33). The molecular formula is C24H20N6O2S. The Balaban J connectivity index is 1.30. The predicted molar refractivity (Wildman–Crippen MR) is 130 cm³/mol. The average molecular weight is 457 g/mol. The number of ether oxygens (including phenoxy) is 1. The molecule has 0 saturated carbocycles. The van der Waals surface area contributed by atoms with Gasteiger partial charge in [-0.1, -0.05) is 12.1 Å². The first-order chi connectivity index (χ1) is 16.1. The Labute approximate surface area is 194 Å². The number of hydrogen-bond donors (Lipinski definition) is 3. The van der Waals surface area contributed by atoms with Gasteiger partial charge < -0.3 is 15.0 Å². The molecule has 3 N–H and O–H groups in total. The van der Waals surface area contributed by atoms with Crippen molar-refractivity contribution in [3.05, 3.63) is 77.6 Å². The van der Waals surface area contributed by atoms with E-state index in [1.54, 1.807) is 11.7 Å².